The van der Waals surface area contributed by atoms with Crippen molar-refractivity contribution in [3.63, 3.8) is 0 Å². The molecule has 1 aliphatic rings. The summed E-state index contributed by atoms with van der Waals surface area (Å²) in [5.74, 6) is 0.744. The van der Waals surface area contributed by atoms with Crippen molar-refractivity contribution in [1.82, 2.24) is 10.1 Å². The maximum atomic E-state index is 12.1. The molecule has 6 heteroatoms. The van der Waals surface area contributed by atoms with Crippen LogP contribution in [0.1, 0.15) is 63.6 Å². The van der Waals surface area contributed by atoms with Gasteiger partial charge in [0.1, 0.15) is 5.92 Å². The number of ether oxygens (including phenoxy) is 2. The largest absolute Gasteiger partial charge is 0.465 e. The summed E-state index contributed by atoms with van der Waals surface area (Å²) in [5.41, 5.74) is 0. The van der Waals surface area contributed by atoms with E-state index >= 15 is 0 Å². The van der Waals surface area contributed by atoms with Crippen LogP contribution in [0, 0.1) is 5.92 Å². The first kappa shape index (κ1) is 15.9. The molecular formula is C15H24N2O4. The van der Waals surface area contributed by atoms with E-state index < -0.39 is 5.92 Å². The second-order valence-electron chi connectivity index (χ2n) is 5.84. The summed E-state index contributed by atoms with van der Waals surface area (Å²) in [7, 11) is 0. The fourth-order valence-electron chi connectivity index (χ4n) is 2.51. The third kappa shape index (κ3) is 4.27. The van der Waals surface area contributed by atoms with Crippen molar-refractivity contribution >= 4 is 5.97 Å². The zero-order valence-corrected chi connectivity index (χ0v) is 13.0. The van der Waals surface area contributed by atoms with Gasteiger partial charge in [0.05, 0.1) is 13.2 Å². The Hall–Kier alpha value is -1.43. The fraction of sp³-hybridized carbons (Fsp3) is 0.800. The van der Waals surface area contributed by atoms with Crippen LogP contribution in [0.4, 0.5) is 0 Å². The average Bonchev–Trinajstić information content (AvgIpc) is 2.95. The second-order valence-corrected chi connectivity index (χ2v) is 5.84. The summed E-state index contributed by atoms with van der Waals surface area (Å²) in [6.45, 7) is 7.66. The number of hydrogen-bond donors (Lipinski definition) is 0. The van der Waals surface area contributed by atoms with Crippen LogP contribution in [0.5, 0.6) is 0 Å². The zero-order chi connectivity index (χ0) is 15.2. The average molecular weight is 296 g/mol. The molecule has 1 aromatic rings. The maximum absolute atomic E-state index is 12.1. The van der Waals surface area contributed by atoms with Gasteiger partial charge in [-0.2, -0.15) is 4.98 Å². The minimum absolute atomic E-state index is 0.165. The Morgan fingerprint density at radius 1 is 1.48 bits per heavy atom. The molecule has 0 aliphatic carbocycles. The van der Waals surface area contributed by atoms with Gasteiger partial charge >= 0.3 is 5.97 Å². The van der Waals surface area contributed by atoms with E-state index in [0.717, 1.165) is 19.4 Å². The van der Waals surface area contributed by atoms with Gasteiger partial charge in [-0.1, -0.05) is 19.0 Å². The van der Waals surface area contributed by atoms with Gasteiger partial charge in [-0.05, 0) is 32.1 Å². The Kier molecular flexibility index (Phi) is 5.73. The van der Waals surface area contributed by atoms with Gasteiger partial charge in [-0.15, -0.1) is 0 Å². The topological polar surface area (TPSA) is 74.5 Å². The Morgan fingerprint density at radius 2 is 2.29 bits per heavy atom. The van der Waals surface area contributed by atoms with Crippen LogP contribution in [0.2, 0.25) is 0 Å². The molecule has 21 heavy (non-hydrogen) atoms. The molecular weight excluding hydrogens is 272 g/mol. The quantitative estimate of drug-likeness (QED) is 0.751. The molecule has 6 nitrogen and oxygen atoms in total. The van der Waals surface area contributed by atoms with Crippen molar-refractivity contribution in [1.29, 1.82) is 0 Å². The van der Waals surface area contributed by atoms with Crippen molar-refractivity contribution in [2.75, 3.05) is 19.8 Å². The van der Waals surface area contributed by atoms with Crippen LogP contribution < -0.4 is 0 Å². The first-order chi connectivity index (χ1) is 10.1. The lowest BCUT2D eigenvalue weighted by Crippen LogP contribution is -2.19. The summed E-state index contributed by atoms with van der Waals surface area (Å²) in [4.78, 5) is 16.5. The van der Waals surface area contributed by atoms with Gasteiger partial charge in [0.25, 0.3) is 0 Å². The van der Waals surface area contributed by atoms with Crippen molar-refractivity contribution in [3.05, 3.63) is 11.7 Å². The predicted molar refractivity (Wildman–Crippen MR) is 75.9 cm³/mol. The molecule has 1 saturated heterocycles. The van der Waals surface area contributed by atoms with E-state index in [4.69, 9.17) is 14.0 Å². The third-order valence-corrected chi connectivity index (χ3v) is 3.56. The van der Waals surface area contributed by atoms with Crippen LogP contribution in [0.25, 0.3) is 0 Å². The SMILES string of the molecule is CCOC(=O)C(CC(C)C)c1nc(C2CCCOC2)no1. The molecule has 0 N–H and O–H groups in total. The van der Waals surface area contributed by atoms with E-state index in [1.54, 1.807) is 6.92 Å². The van der Waals surface area contributed by atoms with Gasteiger partial charge in [0.2, 0.25) is 5.89 Å². The molecule has 2 heterocycles. The van der Waals surface area contributed by atoms with Crippen molar-refractivity contribution in [2.45, 2.75) is 51.9 Å². The number of hydrogen-bond acceptors (Lipinski definition) is 6. The molecule has 0 saturated carbocycles. The molecule has 2 atom stereocenters. The molecule has 0 amide bonds. The molecule has 2 unspecified atom stereocenters. The van der Waals surface area contributed by atoms with E-state index in [1.165, 1.54) is 0 Å². The molecule has 1 aromatic heterocycles. The lowest BCUT2D eigenvalue weighted by molar-refractivity contribution is -0.146. The molecule has 1 aliphatic heterocycles. The fourth-order valence-corrected chi connectivity index (χ4v) is 2.51. The van der Waals surface area contributed by atoms with Crippen LogP contribution in [0.3, 0.4) is 0 Å². The Balaban J connectivity index is 2.12. The standard InChI is InChI=1S/C15H24N2O4/c1-4-20-15(18)12(8-10(2)3)14-16-13(17-21-14)11-6-5-7-19-9-11/h10-12H,4-9H2,1-3H3. The Labute approximate surface area is 125 Å². The first-order valence-corrected chi connectivity index (χ1v) is 7.69. The first-order valence-electron chi connectivity index (χ1n) is 7.69. The number of carbonyl (C=O) groups excluding carboxylic acids is 1. The molecule has 0 bridgehead atoms. The predicted octanol–water partition coefficient (Wildman–Crippen LogP) is 2.66. The van der Waals surface area contributed by atoms with Gasteiger partial charge < -0.3 is 14.0 Å². The maximum Gasteiger partial charge on any atom is 0.318 e. The van der Waals surface area contributed by atoms with E-state index in [9.17, 15) is 4.79 Å². The highest BCUT2D eigenvalue weighted by Crippen LogP contribution is 2.28. The van der Waals surface area contributed by atoms with Gasteiger partial charge in [-0.25, -0.2) is 0 Å². The third-order valence-electron chi connectivity index (χ3n) is 3.56. The van der Waals surface area contributed by atoms with Crippen LogP contribution in [-0.2, 0) is 14.3 Å². The number of carbonyl (C=O) groups is 1. The number of esters is 1. The molecule has 0 aromatic carbocycles. The highest BCUT2D eigenvalue weighted by Gasteiger charge is 2.30. The molecule has 2 rings (SSSR count). The number of aromatic nitrogens is 2. The van der Waals surface area contributed by atoms with Gasteiger partial charge in [0.15, 0.2) is 5.82 Å². The van der Waals surface area contributed by atoms with Gasteiger partial charge in [-0.3, -0.25) is 4.79 Å². The van der Waals surface area contributed by atoms with Crippen molar-refractivity contribution in [3.8, 4) is 0 Å². The van der Waals surface area contributed by atoms with E-state index in [-0.39, 0.29) is 11.9 Å². The van der Waals surface area contributed by atoms with Crippen molar-refractivity contribution < 1.29 is 18.8 Å². The molecule has 0 spiro atoms. The second kappa shape index (κ2) is 7.54. The molecule has 1 fully saturated rings. The number of nitrogens with zero attached hydrogens (tertiary/aromatic N) is 2. The zero-order valence-electron chi connectivity index (χ0n) is 13.0. The Morgan fingerprint density at radius 3 is 2.90 bits per heavy atom. The lowest BCUT2D eigenvalue weighted by Gasteiger charge is -2.18. The smallest absolute Gasteiger partial charge is 0.318 e. The van der Waals surface area contributed by atoms with E-state index in [2.05, 4.69) is 24.0 Å². The van der Waals surface area contributed by atoms with Crippen molar-refractivity contribution in [2.24, 2.45) is 5.92 Å². The Bertz CT molecular complexity index is 452. The lowest BCUT2D eigenvalue weighted by atomic mass is 9.97. The van der Waals surface area contributed by atoms with E-state index in [1.807, 2.05) is 0 Å². The van der Waals surface area contributed by atoms with E-state index in [0.29, 0.717) is 37.3 Å². The minimum Gasteiger partial charge on any atom is -0.465 e. The summed E-state index contributed by atoms with van der Waals surface area (Å²) in [5, 5.41) is 4.04. The van der Waals surface area contributed by atoms with Crippen LogP contribution in [-0.4, -0.2) is 35.9 Å². The van der Waals surface area contributed by atoms with Crippen LogP contribution >= 0.6 is 0 Å². The summed E-state index contributed by atoms with van der Waals surface area (Å²) in [6, 6.07) is 0. The highest BCUT2D eigenvalue weighted by atomic mass is 16.5. The summed E-state index contributed by atoms with van der Waals surface area (Å²) in [6.07, 6.45) is 2.64. The van der Waals surface area contributed by atoms with Gasteiger partial charge in [0, 0.05) is 12.5 Å². The van der Waals surface area contributed by atoms with Crippen LogP contribution in [0.15, 0.2) is 4.52 Å². The summed E-state index contributed by atoms with van der Waals surface area (Å²) < 4.78 is 15.9. The molecule has 118 valence electrons. The minimum atomic E-state index is -0.476. The molecule has 0 radical (unpaired) electrons. The highest BCUT2D eigenvalue weighted by molar-refractivity contribution is 5.76. The monoisotopic (exact) mass is 296 g/mol. The number of rotatable bonds is 6. The summed E-state index contributed by atoms with van der Waals surface area (Å²) >= 11 is 0. The normalized spacial score (nSPS) is 20.5.